The number of aliphatic carboxylic acids is 1. The first-order chi connectivity index (χ1) is 8.09. The van der Waals surface area contributed by atoms with Gasteiger partial charge in [-0.05, 0) is 27.4 Å². The molecule has 90 valence electrons. The molecule has 6 heteroatoms. The van der Waals surface area contributed by atoms with Crippen molar-refractivity contribution in [3.63, 3.8) is 0 Å². The number of thiophene rings is 1. The van der Waals surface area contributed by atoms with E-state index >= 15 is 0 Å². The van der Waals surface area contributed by atoms with Crippen LogP contribution in [0, 0.1) is 0 Å². The summed E-state index contributed by atoms with van der Waals surface area (Å²) in [5.74, 6) is -0.796. The Bertz CT molecular complexity index is 534. The molecule has 0 bridgehead atoms. The fourth-order valence-electron chi connectivity index (χ4n) is 1.60. The van der Waals surface area contributed by atoms with Gasteiger partial charge in [0.05, 0.1) is 21.5 Å². The zero-order valence-electron chi connectivity index (χ0n) is 9.18. The van der Waals surface area contributed by atoms with Gasteiger partial charge in [-0.1, -0.05) is 6.07 Å². The lowest BCUT2D eigenvalue weighted by Gasteiger charge is -1.99. The van der Waals surface area contributed by atoms with Crippen molar-refractivity contribution in [3.8, 4) is 10.6 Å². The number of carbonyl (C=O) groups is 1. The number of aryl methyl sites for hydroxylation is 1. The molecule has 2 aromatic rings. The number of halogens is 1. The third-order valence-electron chi connectivity index (χ3n) is 2.43. The number of aromatic nitrogens is 2. The normalized spacial score (nSPS) is 10.7. The van der Waals surface area contributed by atoms with E-state index in [2.05, 4.69) is 21.0 Å². The molecule has 0 radical (unpaired) electrons. The molecule has 0 fully saturated rings. The summed E-state index contributed by atoms with van der Waals surface area (Å²) in [4.78, 5) is 11.7. The number of hydrogen-bond acceptors (Lipinski definition) is 3. The van der Waals surface area contributed by atoms with E-state index in [4.69, 9.17) is 5.11 Å². The number of rotatable bonds is 4. The molecule has 2 aromatic heterocycles. The van der Waals surface area contributed by atoms with Crippen LogP contribution in [0.2, 0.25) is 0 Å². The van der Waals surface area contributed by atoms with Gasteiger partial charge in [-0.15, -0.1) is 11.3 Å². The third-order valence-corrected chi connectivity index (χ3v) is 4.14. The number of carboxylic acid groups (broad SMARTS) is 1. The van der Waals surface area contributed by atoms with Gasteiger partial charge in [0.2, 0.25) is 0 Å². The van der Waals surface area contributed by atoms with Crippen molar-refractivity contribution in [1.29, 1.82) is 0 Å². The van der Waals surface area contributed by atoms with Crippen molar-refractivity contribution >= 4 is 33.2 Å². The lowest BCUT2D eigenvalue weighted by molar-refractivity contribution is -0.136. The Kier molecular flexibility index (Phi) is 3.63. The molecule has 2 rings (SSSR count). The van der Waals surface area contributed by atoms with Crippen molar-refractivity contribution < 1.29 is 9.90 Å². The van der Waals surface area contributed by atoms with Gasteiger partial charge in [0, 0.05) is 13.5 Å². The zero-order chi connectivity index (χ0) is 12.4. The molecule has 0 aliphatic heterocycles. The summed E-state index contributed by atoms with van der Waals surface area (Å²) in [7, 11) is 1.83. The van der Waals surface area contributed by atoms with Gasteiger partial charge < -0.3 is 5.11 Å². The second-order valence-corrected chi connectivity index (χ2v) is 5.34. The molecule has 0 aliphatic carbocycles. The largest absolute Gasteiger partial charge is 0.481 e. The maximum atomic E-state index is 10.6. The Morgan fingerprint density at radius 2 is 2.41 bits per heavy atom. The maximum absolute atomic E-state index is 10.6. The molecule has 2 heterocycles. The Morgan fingerprint density at radius 3 is 3.00 bits per heavy atom. The van der Waals surface area contributed by atoms with Gasteiger partial charge in [0.15, 0.2) is 0 Å². The van der Waals surface area contributed by atoms with Gasteiger partial charge in [0.1, 0.15) is 5.69 Å². The van der Waals surface area contributed by atoms with Gasteiger partial charge in [0.25, 0.3) is 0 Å². The topological polar surface area (TPSA) is 55.1 Å². The van der Waals surface area contributed by atoms with Crippen LogP contribution in [-0.4, -0.2) is 20.9 Å². The first-order valence-electron chi connectivity index (χ1n) is 5.06. The Labute approximate surface area is 111 Å². The molecule has 17 heavy (non-hydrogen) atoms. The fraction of sp³-hybridized carbons (Fsp3) is 0.273. The molecular formula is C11H11BrN2O2S. The molecule has 0 saturated heterocycles. The molecule has 0 aromatic carbocycles. The van der Waals surface area contributed by atoms with Crippen molar-refractivity contribution in [3.05, 3.63) is 27.7 Å². The van der Waals surface area contributed by atoms with Gasteiger partial charge in [-0.2, -0.15) is 5.10 Å². The lowest BCUT2D eigenvalue weighted by Crippen LogP contribution is -2.03. The Hall–Kier alpha value is -1.14. The van der Waals surface area contributed by atoms with Gasteiger partial charge >= 0.3 is 5.97 Å². The molecule has 4 nitrogen and oxygen atoms in total. The van der Waals surface area contributed by atoms with E-state index in [1.165, 1.54) is 0 Å². The van der Waals surface area contributed by atoms with Crippen LogP contribution < -0.4 is 0 Å². The molecule has 0 atom stereocenters. The van der Waals surface area contributed by atoms with Crippen LogP contribution >= 0.6 is 27.3 Å². The summed E-state index contributed by atoms with van der Waals surface area (Å²) in [5.41, 5.74) is 1.79. The summed E-state index contributed by atoms with van der Waals surface area (Å²) >= 11 is 5.12. The smallest absolute Gasteiger partial charge is 0.303 e. The summed E-state index contributed by atoms with van der Waals surface area (Å²) in [6.45, 7) is 0. The van der Waals surface area contributed by atoms with Crippen LogP contribution in [0.15, 0.2) is 22.0 Å². The second kappa shape index (κ2) is 5.01. The van der Waals surface area contributed by atoms with Gasteiger partial charge in [-0.3, -0.25) is 9.48 Å². The molecule has 0 spiro atoms. The van der Waals surface area contributed by atoms with E-state index < -0.39 is 5.97 Å². The van der Waals surface area contributed by atoms with Crippen molar-refractivity contribution in [2.75, 3.05) is 0 Å². The van der Waals surface area contributed by atoms with Crippen LogP contribution in [0.4, 0.5) is 0 Å². The highest BCUT2D eigenvalue weighted by Crippen LogP contribution is 2.33. The molecular weight excluding hydrogens is 304 g/mol. The summed E-state index contributed by atoms with van der Waals surface area (Å²) < 4.78 is 2.63. The van der Waals surface area contributed by atoms with E-state index in [0.717, 1.165) is 20.7 Å². The van der Waals surface area contributed by atoms with E-state index in [-0.39, 0.29) is 6.42 Å². The van der Waals surface area contributed by atoms with Crippen LogP contribution in [0.5, 0.6) is 0 Å². The van der Waals surface area contributed by atoms with Gasteiger partial charge in [-0.25, -0.2) is 0 Å². The maximum Gasteiger partial charge on any atom is 0.303 e. The highest BCUT2D eigenvalue weighted by molar-refractivity contribution is 9.10. The van der Waals surface area contributed by atoms with Crippen molar-refractivity contribution in [2.24, 2.45) is 7.05 Å². The zero-order valence-corrected chi connectivity index (χ0v) is 11.6. The summed E-state index contributed by atoms with van der Waals surface area (Å²) in [6.07, 6.45) is 0.590. The number of hydrogen-bond donors (Lipinski definition) is 1. The minimum absolute atomic E-state index is 0.113. The first kappa shape index (κ1) is 12.3. The molecule has 0 saturated carbocycles. The second-order valence-electron chi connectivity index (χ2n) is 3.60. The number of carboxylic acids is 1. The predicted octanol–water partition coefficient (Wildman–Crippen LogP) is 2.93. The fourth-order valence-corrected chi connectivity index (χ4v) is 3.19. The molecule has 0 aliphatic rings. The van der Waals surface area contributed by atoms with Crippen molar-refractivity contribution in [2.45, 2.75) is 12.8 Å². The minimum Gasteiger partial charge on any atom is -0.481 e. The first-order valence-corrected chi connectivity index (χ1v) is 6.74. The summed E-state index contributed by atoms with van der Waals surface area (Å²) in [6, 6.07) is 3.97. The van der Waals surface area contributed by atoms with Crippen LogP contribution in [0.3, 0.4) is 0 Å². The van der Waals surface area contributed by atoms with E-state index in [0.29, 0.717) is 6.42 Å². The Morgan fingerprint density at radius 1 is 1.65 bits per heavy atom. The average Bonchev–Trinajstić information content (AvgIpc) is 2.85. The number of nitrogens with zero attached hydrogens (tertiary/aromatic N) is 2. The molecule has 0 amide bonds. The average molecular weight is 315 g/mol. The monoisotopic (exact) mass is 314 g/mol. The SMILES string of the molecule is Cn1nc(-c2cccs2)c(Br)c1CCC(=O)O. The van der Waals surface area contributed by atoms with Crippen molar-refractivity contribution in [1.82, 2.24) is 9.78 Å². The highest BCUT2D eigenvalue weighted by atomic mass is 79.9. The van der Waals surface area contributed by atoms with Crippen LogP contribution in [-0.2, 0) is 18.3 Å². The quantitative estimate of drug-likeness (QED) is 0.944. The Balaban J connectivity index is 2.32. The lowest BCUT2D eigenvalue weighted by atomic mass is 10.2. The van der Waals surface area contributed by atoms with E-state index in [9.17, 15) is 4.79 Å². The van der Waals surface area contributed by atoms with E-state index in [1.807, 2.05) is 24.6 Å². The minimum atomic E-state index is -0.796. The van der Waals surface area contributed by atoms with Crippen LogP contribution in [0.1, 0.15) is 12.1 Å². The summed E-state index contributed by atoms with van der Waals surface area (Å²) in [5, 5.41) is 15.1. The standard InChI is InChI=1S/C11H11BrN2O2S/c1-14-7(4-5-9(15)16)10(12)11(13-14)8-3-2-6-17-8/h2-3,6H,4-5H2,1H3,(H,15,16). The molecule has 0 unspecified atom stereocenters. The molecule has 1 N–H and O–H groups in total. The predicted molar refractivity (Wildman–Crippen MR) is 70.2 cm³/mol. The van der Waals surface area contributed by atoms with Crippen LogP contribution in [0.25, 0.3) is 10.6 Å². The third kappa shape index (κ3) is 2.58. The highest BCUT2D eigenvalue weighted by Gasteiger charge is 2.16. The van der Waals surface area contributed by atoms with E-state index in [1.54, 1.807) is 16.0 Å².